The van der Waals surface area contributed by atoms with E-state index in [-0.39, 0.29) is 17.9 Å². The summed E-state index contributed by atoms with van der Waals surface area (Å²) in [5, 5.41) is 16.8. The maximum atomic E-state index is 12.8. The van der Waals surface area contributed by atoms with Crippen LogP contribution in [0.4, 0.5) is 0 Å². The van der Waals surface area contributed by atoms with Gasteiger partial charge >= 0.3 is 0 Å². The van der Waals surface area contributed by atoms with E-state index in [0.29, 0.717) is 50.7 Å². The number of carbonyl (C=O) groups excluding carboxylic acids is 2. The molecule has 1 aliphatic carbocycles. The first-order valence-corrected chi connectivity index (χ1v) is 10.6. The largest absolute Gasteiger partial charge is 0.380 e. The molecule has 5 N–H and O–H groups in total. The van der Waals surface area contributed by atoms with E-state index >= 15 is 0 Å². The number of piperazine rings is 1. The number of hydrogen-bond donors (Lipinski definition) is 4. The average Bonchev–Trinajstić information content (AvgIpc) is 3.29. The molecule has 2 heterocycles. The maximum Gasteiger partial charge on any atom is 0.254 e. The van der Waals surface area contributed by atoms with Crippen LogP contribution in [0.25, 0.3) is 0 Å². The van der Waals surface area contributed by atoms with Crippen molar-refractivity contribution in [3.05, 3.63) is 35.4 Å². The lowest BCUT2D eigenvalue weighted by atomic mass is 10.0. The Morgan fingerprint density at radius 1 is 1.07 bits per heavy atom. The van der Waals surface area contributed by atoms with Crippen LogP contribution in [-0.4, -0.2) is 77.8 Å². The standard InChI is InChI=1S/C21H31N5O3/c22-17(5-6-18-23-9-10-24-18)15-1-3-16(4-2-15)19(27)25-11-13-26(14-12-25)20(28)21(29)7-8-21/h1-4,17-18,23-24,29H,5-14,22H2. The molecule has 2 saturated heterocycles. The Bertz CT molecular complexity index is 735. The first kappa shape index (κ1) is 20.3. The van der Waals surface area contributed by atoms with Gasteiger partial charge in [-0.1, -0.05) is 12.1 Å². The smallest absolute Gasteiger partial charge is 0.254 e. The Morgan fingerprint density at radius 2 is 1.66 bits per heavy atom. The van der Waals surface area contributed by atoms with Crippen molar-refractivity contribution in [1.29, 1.82) is 0 Å². The van der Waals surface area contributed by atoms with E-state index in [0.717, 1.165) is 31.5 Å². The summed E-state index contributed by atoms with van der Waals surface area (Å²) in [5.74, 6) is -0.215. The van der Waals surface area contributed by atoms with Crippen LogP contribution in [0.1, 0.15) is 47.6 Å². The number of hydrogen-bond acceptors (Lipinski definition) is 6. The van der Waals surface area contributed by atoms with E-state index in [1.807, 2.05) is 24.3 Å². The zero-order valence-electron chi connectivity index (χ0n) is 16.8. The third kappa shape index (κ3) is 4.61. The van der Waals surface area contributed by atoms with Crippen molar-refractivity contribution in [3.8, 4) is 0 Å². The lowest BCUT2D eigenvalue weighted by molar-refractivity contribution is -0.143. The van der Waals surface area contributed by atoms with Crippen LogP contribution in [0.3, 0.4) is 0 Å². The first-order chi connectivity index (χ1) is 14.0. The highest BCUT2D eigenvalue weighted by Crippen LogP contribution is 2.37. The number of nitrogens with one attached hydrogen (secondary N) is 2. The van der Waals surface area contributed by atoms with Gasteiger partial charge in [-0.3, -0.25) is 9.59 Å². The monoisotopic (exact) mass is 401 g/mol. The minimum absolute atomic E-state index is 0.0262. The molecule has 3 aliphatic rings. The zero-order valence-corrected chi connectivity index (χ0v) is 16.8. The number of benzene rings is 1. The van der Waals surface area contributed by atoms with Gasteiger partial charge in [-0.2, -0.15) is 0 Å². The molecule has 3 fully saturated rings. The van der Waals surface area contributed by atoms with Crippen molar-refractivity contribution in [2.75, 3.05) is 39.3 Å². The normalized spacial score (nSPS) is 22.6. The van der Waals surface area contributed by atoms with Crippen LogP contribution in [0.15, 0.2) is 24.3 Å². The van der Waals surface area contributed by atoms with Crippen molar-refractivity contribution in [2.45, 2.75) is 43.5 Å². The molecule has 1 aromatic carbocycles. The predicted molar refractivity (Wildman–Crippen MR) is 109 cm³/mol. The third-order valence-electron chi connectivity index (χ3n) is 6.23. The van der Waals surface area contributed by atoms with Gasteiger partial charge in [-0.25, -0.2) is 0 Å². The highest BCUT2D eigenvalue weighted by Gasteiger charge is 2.50. The molecule has 158 valence electrons. The average molecular weight is 402 g/mol. The minimum Gasteiger partial charge on any atom is -0.380 e. The summed E-state index contributed by atoms with van der Waals surface area (Å²) < 4.78 is 0. The Labute approximate surface area is 171 Å². The topological polar surface area (TPSA) is 111 Å². The number of amides is 2. The van der Waals surface area contributed by atoms with Gasteiger partial charge in [0.05, 0.1) is 6.17 Å². The van der Waals surface area contributed by atoms with Gasteiger partial charge in [0.1, 0.15) is 5.60 Å². The van der Waals surface area contributed by atoms with Gasteiger partial charge in [0, 0.05) is 50.9 Å². The predicted octanol–water partition coefficient (Wildman–Crippen LogP) is -0.205. The highest BCUT2D eigenvalue weighted by atomic mass is 16.3. The summed E-state index contributed by atoms with van der Waals surface area (Å²) in [6.45, 7) is 3.92. The SMILES string of the molecule is NC(CCC1NCCN1)c1ccc(C(=O)N2CCN(C(=O)C3(O)CC3)CC2)cc1. The highest BCUT2D eigenvalue weighted by molar-refractivity contribution is 5.94. The Kier molecular flexibility index (Phi) is 5.87. The Hall–Kier alpha value is -2.00. The van der Waals surface area contributed by atoms with Crippen LogP contribution < -0.4 is 16.4 Å². The van der Waals surface area contributed by atoms with Crippen LogP contribution in [0.2, 0.25) is 0 Å². The maximum absolute atomic E-state index is 12.8. The number of rotatable bonds is 6. The fourth-order valence-corrected chi connectivity index (χ4v) is 4.08. The minimum atomic E-state index is -1.13. The van der Waals surface area contributed by atoms with Crippen molar-refractivity contribution in [1.82, 2.24) is 20.4 Å². The lowest BCUT2D eigenvalue weighted by Gasteiger charge is -2.35. The lowest BCUT2D eigenvalue weighted by Crippen LogP contribution is -2.53. The molecule has 0 radical (unpaired) electrons. The summed E-state index contributed by atoms with van der Waals surface area (Å²) in [6.07, 6.45) is 3.29. The molecule has 2 aliphatic heterocycles. The van der Waals surface area contributed by atoms with E-state index in [4.69, 9.17) is 5.73 Å². The summed E-state index contributed by atoms with van der Waals surface area (Å²) in [4.78, 5) is 28.5. The molecular formula is C21H31N5O3. The summed E-state index contributed by atoms with van der Waals surface area (Å²) in [5.41, 5.74) is 6.86. The summed E-state index contributed by atoms with van der Waals surface area (Å²) in [7, 11) is 0. The van der Waals surface area contributed by atoms with E-state index in [2.05, 4.69) is 10.6 Å². The first-order valence-electron chi connectivity index (χ1n) is 10.6. The van der Waals surface area contributed by atoms with E-state index in [1.165, 1.54) is 0 Å². The molecule has 2 amide bonds. The second-order valence-corrected chi connectivity index (χ2v) is 8.38. The van der Waals surface area contributed by atoms with Crippen LogP contribution in [-0.2, 0) is 4.79 Å². The van der Waals surface area contributed by atoms with Gasteiger partial charge in [0.2, 0.25) is 0 Å². The van der Waals surface area contributed by atoms with Gasteiger partial charge in [-0.05, 0) is 43.4 Å². The fraction of sp³-hybridized carbons (Fsp3) is 0.619. The van der Waals surface area contributed by atoms with E-state index in [9.17, 15) is 14.7 Å². The fourth-order valence-electron chi connectivity index (χ4n) is 4.08. The van der Waals surface area contributed by atoms with Crippen molar-refractivity contribution in [3.63, 3.8) is 0 Å². The van der Waals surface area contributed by atoms with Gasteiger partial charge in [0.15, 0.2) is 0 Å². The third-order valence-corrected chi connectivity index (χ3v) is 6.23. The second-order valence-electron chi connectivity index (χ2n) is 8.38. The summed E-state index contributed by atoms with van der Waals surface area (Å²) >= 11 is 0. The molecule has 8 heteroatoms. The Morgan fingerprint density at radius 3 is 2.24 bits per heavy atom. The second kappa shape index (κ2) is 8.39. The van der Waals surface area contributed by atoms with Gasteiger partial charge < -0.3 is 31.3 Å². The molecule has 4 rings (SSSR count). The zero-order chi connectivity index (χ0) is 20.4. The van der Waals surface area contributed by atoms with Crippen molar-refractivity contribution in [2.24, 2.45) is 5.73 Å². The number of nitrogens with two attached hydrogens (primary N) is 1. The van der Waals surface area contributed by atoms with Crippen LogP contribution in [0, 0.1) is 0 Å². The van der Waals surface area contributed by atoms with Crippen LogP contribution in [0.5, 0.6) is 0 Å². The molecule has 0 spiro atoms. The summed E-state index contributed by atoms with van der Waals surface area (Å²) in [6, 6.07) is 7.51. The molecule has 8 nitrogen and oxygen atoms in total. The van der Waals surface area contributed by atoms with Crippen LogP contribution >= 0.6 is 0 Å². The van der Waals surface area contributed by atoms with Crippen molar-refractivity contribution < 1.29 is 14.7 Å². The number of nitrogens with zero attached hydrogens (tertiary/aromatic N) is 2. The van der Waals surface area contributed by atoms with Crippen molar-refractivity contribution >= 4 is 11.8 Å². The van der Waals surface area contributed by atoms with Gasteiger partial charge in [0.25, 0.3) is 11.8 Å². The molecule has 1 aromatic rings. The Balaban J connectivity index is 1.27. The number of aliphatic hydroxyl groups is 1. The number of carbonyl (C=O) groups is 2. The molecule has 1 saturated carbocycles. The molecule has 1 atom stereocenters. The molecule has 0 bridgehead atoms. The quantitative estimate of drug-likeness (QED) is 0.525. The van der Waals surface area contributed by atoms with E-state index in [1.54, 1.807) is 9.80 Å². The molecule has 29 heavy (non-hydrogen) atoms. The van der Waals surface area contributed by atoms with Gasteiger partial charge in [-0.15, -0.1) is 0 Å². The molecule has 0 aromatic heterocycles. The molecule has 1 unspecified atom stereocenters. The van der Waals surface area contributed by atoms with E-state index < -0.39 is 5.60 Å². The molecular weight excluding hydrogens is 370 g/mol.